The second-order valence-electron chi connectivity index (χ2n) is 6.73. The fourth-order valence-electron chi connectivity index (χ4n) is 3.64. The van der Waals surface area contributed by atoms with E-state index >= 15 is 0 Å². The van der Waals surface area contributed by atoms with Crippen molar-refractivity contribution >= 4 is 5.91 Å². The number of carbonyl (C=O) groups is 1. The second kappa shape index (κ2) is 6.64. The van der Waals surface area contributed by atoms with Crippen LogP contribution in [0.15, 0.2) is 71.5 Å². The monoisotopic (exact) mass is 344 g/mol. The van der Waals surface area contributed by atoms with Gasteiger partial charge in [-0.05, 0) is 35.7 Å². The maximum absolute atomic E-state index is 13.0. The van der Waals surface area contributed by atoms with Crippen LogP contribution in [0.3, 0.4) is 0 Å². The molecule has 2 heterocycles. The van der Waals surface area contributed by atoms with Crippen LogP contribution in [-0.4, -0.2) is 22.3 Å². The number of aryl methyl sites for hydroxylation is 1. The first-order valence-corrected chi connectivity index (χ1v) is 8.75. The molecule has 1 aliphatic heterocycles. The highest BCUT2D eigenvalue weighted by Gasteiger charge is 2.30. The quantitative estimate of drug-likeness (QED) is 0.774. The van der Waals surface area contributed by atoms with Crippen LogP contribution in [0.4, 0.5) is 0 Å². The molecule has 26 heavy (non-hydrogen) atoms. The first-order valence-electron chi connectivity index (χ1n) is 8.75. The van der Waals surface area contributed by atoms with Gasteiger partial charge in [0.15, 0.2) is 0 Å². The van der Waals surface area contributed by atoms with Gasteiger partial charge in [-0.3, -0.25) is 9.59 Å². The lowest BCUT2D eigenvalue weighted by Crippen LogP contribution is -2.40. The molecule has 0 radical (unpaired) electrons. The van der Waals surface area contributed by atoms with Crippen molar-refractivity contribution in [3.8, 4) is 0 Å². The number of fused-ring (bicyclic) bond motifs is 1. The summed E-state index contributed by atoms with van der Waals surface area (Å²) in [5.74, 6) is -0.115. The zero-order valence-electron chi connectivity index (χ0n) is 14.6. The number of benzene rings is 2. The van der Waals surface area contributed by atoms with Gasteiger partial charge in [-0.2, -0.15) is 0 Å². The molecule has 0 bridgehead atoms. The molecule has 0 saturated heterocycles. The summed E-state index contributed by atoms with van der Waals surface area (Å²) in [5, 5.41) is 0. The molecule has 1 aliphatic rings. The maximum Gasteiger partial charge on any atom is 0.260 e. The van der Waals surface area contributed by atoms with Gasteiger partial charge in [0.05, 0.1) is 0 Å². The van der Waals surface area contributed by atoms with Gasteiger partial charge in [0.25, 0.3) is 11.5 Å². The van der Waals surface area contributed by atoms with Crippen molar-refractivity contribution in [2.45, 2.75) is 19.4 Å². The molecule has 4 heteroatoms. The minimum absolute atomic E-state index is 0.106. The van der Waals surface area contributed by atoms with E-state index in [1.807, 2.05) is 30.3 Å². The number of amides is 1. The predicted molar refractivity (Wildman–Crippen MR) is 101 cm³/mol. The Hall–Kier alpha value is -3.14. The molecule has 1 aromatic heterocycles. The highest BCUT2D eigenvalue weighted by molar-refractivity contribution is 5.94. The van der Waals surface area contributed by atoms with E-state index in [1.54, 1.807) is 24.0 Å². The van der Waals surface area contributed by atoms with Crippen LogP contribution in [0.2, 0.25) is 0 Å². The average Bonchev–Trinajstić information content (AvgIpc) is 2.67. The topological polar surface area (TPSA) is 53.2 Å². The van der Waals surface area contributed by atoms with Crippen molar-refractivity contribution in [1.82, 2.24) is 9.88 Å². The van der Waals surface area contributed by atoms with Crippen molar-refractivity contribution in [3.63, 3.8) is 0 Å². The molecule has 1 unspecified atom stereocenters. The van der Waals surface area contributed by atoms with E-state index in [-0.39, 0.29) is 22.9 Å². The van der Waals surface area contributed by atoms with Crippen LogP contribution in [-0.2, 0) is 6.54 Å². The fourth-order valence-corrected chi connectivity index (χ4v) is 3.64. The predicted octanol–water partition coefficient (Wildman–Crippen LogP) is 3.47. The number of nitrogens with one attached hydrogen (secondary N) is 1. The van der Waals surface area contributed by atoms with E-state index in [0.717, 1.165) is 11.3 Å². The number of carbonyl (C=O) groups excluding carboxylic acids is 1. The molecule has 0 saturated carbocycles. The van der Waals surface area contributed by atoms with Crippen LogP contribution in [0.1, 0.15) is 38.7 Å². The normalized spacial score (nSPS) is 16.2. The largest absolute Gasteiger partial charge is 0.333 e. The maximum atomic E-state index is 13.0. The Balaban J connectivity index is 1.73. The van der Waals surface area contributed by atoms with Crippen LogP contribution in [0.5, 0.6) is 0 Å². The Labute approximate surface area is 152 Å². The molecule has 2 aromatic carbocycles. The van der Waals surface area contributed by atoms with Gasteiger partial charge in [0, 0.05) is 24.7 Å². The molecule has 130 valence electrons. The molecule has 1 atom stereocenters. The summed E-state index contributed by atoms with van der Waals surface area (Å²) < 4.78 is 0. The van der Waals surface area contributed by atoms with E-state index in [1.165, 1.54) is 11.1 Å². The lowest BCUT2D eigenvalue weighted by Gasteiger charge is -2.35. The Morgan fingerprint density at radius 1 is 1.00 bits per heavy atom. The highest BCUT2D eigenvalue weighted by Crippen LogP contribution is 2.33. The summed E-state index contributed by atoms with van der Waals surface area (Å²) >= 11 is 0. The molecule has 0 fully saturated rings. The summed E-state index contributed by atoms with van der Waals surface area (Å²) in [4.78, 5) is 29.7. The van der Waals surface area contributed by atoms with Gasteiger partial charge in [-0.25, -0.2) is 0 Å². The lowest BCUT2D eigenvalue weighted by atomic mass is 9.84. The SMILES string of the molecule is Cc1ccc(C(=O)N2Cc3ccccc3C(c3ccccc3)C2)c(=O)[nH]1. The third-order valence-electron chi connectivity index (χ3n) is 4.97. The van der Waals surface area contributed by atoms with E-state index in [4.69, 9.17) is 0 Å². The Bertz CT molecular complexity index is 1010. The minimum atomic E-state index is -0.329. The fraction of sp³-hybridized carbons (Fsp3) is 0.182. The molecular formula is C22H20N2O2. The van der Waals surface area contributed by atoms with Crippen LogP contribution in [0, 0.1) is 6.92 Å². The summed E-state index contributed by atoms with van der Waals surface area (Å²) in [5.41, 5.74) is 4.17. The molecule has 4 rings (SSSR count). The van der Waals surface area contributed by atoms with Crippen LogP contribution < -0.4 is 5.56 Å². The van der Waals surface area contributed by atoms with E-state index in [2.05, 4.69) is 29.2 Å². The van der Waals surface area contributed by atoms with Crippen molar-refractivity contribution < 1.29 is 4.79 Å². The highest BCUT2D eigenvalue weighted by atomic mass is 16.2. The van der Waals surface area contributed by atoms with Gasteiger partial charge >= 0.3 is 0 Å². The summed E-state index contributed by atoms with van der Waals surface area (Å²) in [6.45, 7) is 2.89. The number of aromatic nitrogens is 1. The summed E-state index contributed by atoms with van der Waals surface area (Å²) in [6.07, 6.45) is 0. The number of rotatable bonds is 2. The molecule has 4 nitrogen and oxygen atoms in total. The number of aromatic amines is 1. The average molecular weight is 344 g/mol. The van der Waals surface area contributed by atoms with Gasteiger partial charge < -0.3 is 9.88 Å². The number of nitrogens with zero attached hydrogens (tertiary/aromatic N) is 1. The molecule has 0 aliphatic carbocycles. The Kier molecular flexibility index (Phi) is 4.17. The third-order valence-corrected chi connectivity index (χ3v) is 4.97. The Morgan fingerprint density at radius 3 is 2.50 bits per heavy atom. The van der Waals surface area contributed by atoms with Gasteiger partial charge in [0.2, 0.25) is 0 Å². The van der Waals surface area contributed by atoms with E-state index in [0.29, 0.717) is 13.1 Å². The summed E-state index contributed by atoms with van der Waals surface area (Å²) in [7, 11) is 0. The number of pyridine rings is 1. The van der Waals surface area contributed by atoms with E-state index in [9.17, 15) is 9.59 Å². The van der Waals surface area contributed by atoms with Crippen molar-refractivity contribution in [2.75, 3.05) is 6.54 Å². The standard InChI is InChI=1S/C22H20N2O2/c1-15-11-12-19(21(25)23-15)22(26)24-13-17-9-5-6-10-18(17)20(14-24)16-7-3-2-4-8-16/h2-12,20H,13-14H2,1H3,(H,23,25). The van der Waals surface area contributed by atoms with Crippen LogP contribution >= 0.6 is 0 Å². The summed E-state index contributed by atoms with van der Waals surface area (Å²) in [6, 6.07) is 21.8. The molecule has 1 N–H and O–H groups in total. The zero-order valence-corrected chi connectivity index (χ0v) is 14.6. The molecule has 1 amide bonds. The Morgan fingerprint density at radius 2 is 1.73 bits per heavy atom. The molecule has 0 spiro atoms. The lowest BCUT2D eigenvalue weighted by molar-refractivity contribution is 0.0723. The zero-order chi connectivity index (χ0) is 18.1. The number of hydrogen-bond donors (Lipinski definition) is 1. The van der Waals surface area contributed by atoms with Gasteiger partial charge in [0.1, 0.15) is 5.56 Å². The van der Waals surface area contributed by atoms with Gasteiger partial charge in [-0.1, -0.05) is 54.6 Å². The number of hydrogen-bond acceptors (Lipinski definition) is 2. The second-order valence-corrected chi connectivity index (χ2v) is 6.73. The smallest absolute Gasteiger partial charge is 0.260 e. The molecule has 3 aromatic rings. The molecular weight excluding hydrogens is 324 g/mol. The van der Waals surface area contributed by atoms with Crippen LogP contribution in [0.25, 0.3) is 0 Å². The van der Waals surface area contributed by atoms with Crippen molar-refractivity contribution in [2.24, 2.45) is 0 Å². The van der Waals surface area contributed by atoms with Crippen molar-refractivity contribution in [3.05, 3.63) is 105 Å². The van der Waals surface area contributed by atoms with Gasteiger partial charge in [-0.15, -0.1) is 0 Å². The minimum Gasteiger partial charge on any atom is -0.333 e. The van der Waals surface area contributed by atoms with E-state index < -0.39 is 0 Å². The third kappa shape index (κ3) is 2.94. The first-order chi connectivity index (χ1) is 12.6. The first kappa shape index (κ1) is 16.3. The number of H-pyrrole nitrogens is 1. The van der Waals surface area contributed by atoms with Crippen molar-refractivity contribution in [1.29, 1.82) is 0 Å².